The van der Waals surface area contributed by atoms with E-state index >= 15 is 0 Å². The number of nitrogens with two attached hydrogens (primary N) is 1. The van der Waals surface area contributed by atoms with Gasteiger partial charge in [0.05, 0.1) is 0 Å². The lowest BCUT2D eigenvalue weighted by Gasteiger charge is -2.27. The van der Waals surface area contributed by atoms with Crippen LogP contribution in [0.1, 0.15) is 0 Å². The first-order valence-corrected chi connectivity index (χ1v) is 6.77. The molecule has 0 aromatic heterocycles. The van der Waals surface area contributed by atoms with Gasteiger partial charge in [-0.2, -0.15) is 0 Å². The lowest BCUT2D eigenvalue weighted by Crippen LogP contribution is -2.31. The maximum Gasteiger partial charge on any atom is 0.309 e. The molecule has 13 heavy (non-hydrogen) atoms. The highest BCUT2D eigenvalue weighted by atomic mass is 35.5. The normalized spacial score (nSPS) is 16.5. The zero-order valence-electron chi connectivity index (χ0n) is 6.67. The van der Waals surface area contributed by atoms with Crippen LogP contribution in [0.2, 0.25) is 0 Å². The Morgan fingerprint density at radius 2 is 1.54 bits per heavy atom. The van der Waals surface area contributed by atoms with Gasteiger partial charge in [-0.1, -0.05) is 0 Å². The fourth-order valence-electron chi connectivity index (χ4n) is 0.689. The van der Waals surface area contributed by atoms with Crippen molar-refractivity contribution >= 4 is 54.3 Å². The molecule has 80 valence electrons. The van der Waals surface area contributed by atoms with Gasteiger partial charge in [0, 0.05) is 48.4 Å². The summed E-state index contributed by atoms with van der Waals surface area (Å²) in [5, 5.41) is 0. The fraction of sp³-hybridized carbons (Fsp3) is 1.00. The molecule has 0 aromatic carbocycles. The SMILES string of the molecule is NP(=O)(N(Cl)Cl)N(CCCl)CCCl. The van der Waals surface area contributed by atoms with E-state index in [-0.39, 0.29) is 11.8 Å². The molecule has 0 bridgehead atoms. The van der Waals surface area contributed by atoms with Crippen LogP contribution in [-0.2, 0) is 4.57 Å². The first-order valence-electron chi connectivity index (χ1n) is 3.35. The molecule has 0 radical (unpaired) electrons. The number of nitrogens with zero attached hydrogens (tertiary/aromatic N) is 2. The van der Waals surface area contributed by atoms with E-state index in [0.717, 1.165) is 0 Å². The molecule has 0 saturated heterocycles. The van der Waals surface area contributed by atoms with Crippen molar-refractivity contribution in [3.8, 4) is 0 Å². The maximum atomic E-state index is 11.6. The minimum atomic E-state index is -3.38. The molecule has 0 heterocycles. The minimum absolute atomic E-state index is 0.277. The zero-order chi connectivity index (χ0) is 10.5. The molecule has 0 fully saturated rings. The first-order chi connectivity index (χ1) is 5.96. The van der Waals surface area contributed by atoms with Crippen LogP contribution >= 0.6 is 54.3 Å². The van der Waals surface area contributed by atoms with Crippen LogP contribution in [0.25, 0.3) is 0 Å². The number of halogens is 4. The zero-order valence-corrected chi connectivity index (χ0v) is 10.6. The summed E-state index contributed by atoms with van der Waals surface area (Å²) in [4.78, 5) is 0. The monoisotopic (exact) mass is 287 g/mol. The van der Waals surface area contributed by atoms with E-state index in [0.29, 0.717) is 16.8 Å². The summed E-state index contributed by atoms with van der Waals surface area (Å²) in [5.41, 5.74) is 5.40. The first kappa shape index (κ1) is 14.3. The molecule has 0 rings (SSSR count). The second kappa shape index (κ2) is 6.70. The third-order valence-electron chi connectivity index (χ3n) is 1.31. The van der Waals surface area contributed by atoms with Gasteiger partial charge in [-0.25, -0.2) is 4.67 Å². The third-order valence-corrected chi connectivity index (χ3v) is 4.59. The van der Waals surface area contributed by atoms with Gasteiger partial charge in [-0.05, 0) is 3.71 Å². The van der Waals surface area contributed by atoms with Crippen LogP contribution in [0.15, 0.2) is 0 Å². The van der Waals surface area contributed by atoms with E-state index in [9.17, 15) is 4.57 Å². The Morgan fingerprint density at radius 3 is 1.77 bits per heavy atom. The largest absolute Gasteiger partial charge is 0.309 e. The Hall–Kier alpha value is 1.27. The maximum absolute atomic E-state index is 11.6. The highest BCUT2D eigenvalue weighted by molar-refractivity contribution is 7.59. The van der Waals surface area contributed by atoms with E-state index in [4.69, 9.17) is 52.3 Å². The van der Waals surface area contributed by atoms with Crippen molar-refractivity contribution in [1.29, 1.82) is 0 Å². The van der Waals surface area contributed by atoms with E-state index < -0.39 is 7.59 Å². The molecule has 0 aromatic rings. The van der Waals surface area contributed by atoms with E-state index in [2.05, 4.69) is 0 Å². The Morgan fingerprint density at radius 1 is 1.15 bits per heavy atom. The van der Waals surface area contributed by atoms with E-state index in [1.54, 1.807) is 0 Å². The van der Waals surface area contributed by atoms with Crippen molar-refractivity contribution in [3.63, 3.8) is 0 Å². The van der Waals surface area contributed by atoms with Crippen molar-refractivity contribution in [1.82, 2.24) is 8.38 Å². The van der Waals surface area contributed by atoms with Gasteiger partial charge in [-0.3, -0.25) is 10.1 Å². The lowest BCUT2D eigenvalue weighted by molar-refractivity contribution is 0.432. The van der Waals surface area contributed by atoms with Gasteiger partial charge in [0.2, 0.25) is 0 Å². The highest BCUT2D eigenvalue weighted by Crippen LogP contribution is 2.48. The molecule has 0 aliphatic rings. The Bertz CT molecular complexity index is 186. The number of alkyl halides is 2. The third kappa shape index (κ3) is 4.54. The topological polar surface area (TPSA) is 49.6 Å². The lowest BCUT2D eigenvalue weighted by atomic mass is 10.6. The van der Waals surface area contributed by atoms with Gasteiger partial charge in [0.1, 0.15) is 0 Å². The predicted molar refractivity (Wildman–Crippen MR) is 58.4 cm³/mol. The Balaban J connectivity index is 4.42. The van der Waals surface area contributed by atoms with Crippen molar-refractivity contribution in [2.75, 3.05) is 24.8 Å². The van der Waals surface area contributed by atoms with E-state index in [1.165, 1.54) is 4.67 Å². The smallest absolute Gasteiger partial charge is 0.268 e. The van der Waals surface area contributed by atoms with Crippen molar-refractivity contribution in [3.05, 3.63) is 0 Å². The van der Waals surface area contributed by atoms with Gasteiger partial charge in [0.15, 0.2) is 0 Å². The molecule has 1 unspecified atom stereocenters. The van der Waals surface area contributed by atoms with Crippen molar-refractivity contribution in [2.45, 2.75) is 0 Å². The number of hydrogen-bond donors (Lipinski definition) is 1. The van der Waals surface area contributed by atoms with Crippen molar-refractivity contribution in [2.24, 2.45) is 5.50 Å². The minimum Gasteiger partial charge on any atom is -0.268 e. The second-order valence-electron chi connectivity index (χ2n) is 2.14. The number of hydrogen-bond acceptors (Lipinski definition) is 1. The summed E-state index contributed by atoms with van der Waals surface area (Å²) in [6.07, 6.45) is 0. The summed E-state index contributed by atoms with van der Waals surface area (Å²) in [5.74, 6) is 0.555. The summed E-state index contributed by atoms with van der Waals surface area (Å²) in [7, 11) is -3.38. The molecule has 9 heteroatoms. The van der Waals surface area contributed by atoms with Gasteiger partial charge in [-0.15, -0.1) is 23.2 Å². The van der Waals surface area contributed by atoms with Crippen LogP contribution in [0.3, 0.4) is 0 Å². The van der Waals surface area contributed by atoms with Crippen LogP contribution in [0, 0.1) is 0 Å². The molecule has 4 nitrogen and oxygen atoms in total. The van der Waals surface area contributed by atoms with Crippen LogP contribution in [0.5, 0.6) is 0 Å². The highest BCUT2D eigenvalue weighted by Gasteiger charge is 2.31. The molecule has 0 aliphatic carbocycles. The molecule has 2 N–H and O–H groups in total. The number of rotatable bonds is 6. The average Bonchev–Trinajstić information content (AvgIpc) is 2.03. The second-order valence-corrected chi connectivity index (χ2v) is 6.36. The molecular formula is C4H10Cl4N3OP. The van der Waals surface area contributed by atoms with Crippen LogP contribution < -0.4 is 5.50 Å². The molecule has 0 aliphatic heterocycles. The van der Waals surface area contributed by atoms with Crippen molar-refractivity contribution < 1.29 is 4.57 Å². The molecule has 1 atom stereocenters. The Labute approximate surface area is 97.6 Å². The standard InChI is InChI=1S/C4H10Cl4N3OP/c5-1-3-10(4-2-6)13(9,12)11(7)8/h1-4H2,(H2,9,12). The predicted octanol–water partition coefficient (Wildman–Crippen LogP) is 2.44. The summed E-state index contributed by atoms with van der Waals surface area (Å²) in [6.45, 7) is 0.635. The molecule has 0 saturated carbocycles. The summed E-state index contributed by atoms with van der Waals surface area (Å²) < 4.78 is 13.4. The molecule has 0 spiro atoms. The fourth-order valence-corrected chi connectivity index (χ4v) is 2.87. The van der Waals surface area contributed by atoms with Crippen LogP contribution in [-0.4, -0.2) is 33.2 Å². The van der Waals surface area contributed by atoms with Gasteiger partial charge in [0.25, 0.3) is 0 Å². The molecule has 0 amide bonds. The van der Waals surface area contributed by atoms with E-state index in [1.807, 2.05) is 0 Å². The Kier molecular flexibility index (Phi) is 7.35. The summed E-state index contributed by atoms with van der Waals surface area (Å²) in [6, 6.07) is 0. The summed E-state index contributed by atoms with van der Waals surface area (Å²) >= 11 is 21.6. The molecular weight excluding hydrogens is 279 g/mol. The average molecular weight is 289 g/mol. The quantitative estimate of drug-likeness (QED) is 0.463. The van der Waals surface area contributed by atoms with Gasteiger partial charge >= 0.3 is 7.59 Å². The van der Waals surface area contributed by atoms with Crippen LogP contribution in [0.4, 0.5) is 0 Å². The van der Waals surface area contributed by atoms with Gasteiger partial charge < -0.3 is 0 Å².